The van der Waals surface area contributed by atoms with Crippen molar-refractivity contribution < 1.29 is 14.3 Å². The van der Waals surface area contributed by atoms with Crippen LogP contribution in [-0.2, 0) is 14.3 Å². The topological polar surface area (TPSA) is 35.5 Å². The van der Waals surface area contributed by atoms with E-state index in [4.69, 9.17) is 4.74 Å². The second-order valence-electron chi connectivity index (χ2n) is 2.28. The molecule has 0 amide bonds. The third kappa shape index (κ3) is 14.1. The molecule has 0 unspecified atom stereocenters. The maximum Gasteiger partial charge on any atom is 0.333 e. The van der Waals surface area contributed by atoms with Crippen LogP contribution in [0.2, 0.25) is 0 Å². The molecule has 78 valence electrons. The number of hydrogen-bond donors (Lipinski definition) is 0. The zero-order valence-corrected chi connectivity index (χ0v) is 9.05. The predicted octanol–water partition coefficient (Wildman–Crippen LogP) is 2.17. The third-order valence-electron chi connectivity index (χ3n) is 1.03. The van der Waals surface area contributed by atoms with Gasteiger partial charge in [-0.05, 0) is 27.7 Å². The first kappa shape index (κ1) is 14.7. The number of carbonyl (C=O) groups excluding carboxylic acids is 1. The van der Waals surface area contributed by atoms with Crippen molar-refractivity contribution in [1.82, 2.24) is 0 Å². The van der Waals surface area contributed by atoms with Crippen molar-refractivity contribution in [1.29, 1.82) is 0 Å². The molecule has 0 aromatic heterocycles. The molecule has 0 saturated carbocycles. The zero-order valence-electron chi connectivity index (χ0n) is 9.05. The summed E-state index contributed by atoms with van der Waals surface area (Å²) in [4.78, 5) is 10.4. The minimum Gasteiger partial charge on any atom is -0.463 e. The number of hydrogen-bond acceptors (Lipinski definition) is 3. The molecule has 0 heterocycles. The maximum absolute atomic E-state index is 10.4. The Kier molecular flexibility index (Phi) is 12.6. The molecule has 0 aromatic rings. The molecule has 0 fully saturated rings. The van der Waals surface area contributed by atoms with Gasteiger partial charge >= 0.3 is 5.97 Å². The van der Waals surface area contributed by atoms with Crippen molar-refractivity contribution >= 4 is 5.97 Å². The van der Waals surface area contributed by atoms with Gasteiger partial charge in [0.2, 0.25) is 0 Å². The van der Waals surface area contributed by atoms with Gasteiger partial charge in [0, 0.05) is 18.8 Å². The van der Waals surface area contributed by atoms with E-state index in [-0.39, 0.29) is 5.97 Å². The Hall–Kier alpha value is -0.830. The van der Waals surface area contributed by atoms with Crippen molar-refractivity contribution in [2.24, 2.45) is 0 Å². The predicted molar refractivity (Wildman–Crippen MR) is 53.6 cm³/mol. The second-order valence-corrected chi connectivity index (χ2v) is 2.28. The molecule has 0 aliphatic rings. The lowest BCUT2D eigenvalue weighted by molar-refractivity contribution is -0.138. The fourth-order valence-corrected chi connectivity index (χ4v) is 0.458. The van der Waals surface area contributed by atoms with E-state index in [1.807, 2.05) is 13.8 Å². The van der Waals surface area contributed by atoms with Crippen LogP contribution in [0.15, 0.2) is 12.2 Å². The van der Waals surface area contributed by atoms with Crippen LogP contribution in [0, 0.1) is 0 Å². The second kappa shape index (κ2) is 11.2. The summed E-state index contributed by atoms with van der Waals surface area (Å²) >= 11 is 0. The summed E-state index contributed by atoms with van der Waals surface area (Å²) in [5.74, 6) is -0.312. The Bertz CT molecular complexity index is 139. The number of esters is 1. The van der Waals surface area contributed by atoms with Crippen molar-refractivity contribution in [2.75, 3.05) is 19.8 Å². The molecular formula is C10H20O3. The highest BCUT2D eigenvalue weighted by atomic mass is 16.5. The summed E-state index contributed by atoms with van der Waals surface area (Å²) in [5.41, 5.74) is 0.451. The largest absolute Gasteiger partial charge is 0.463 e. The van der Waals surface area contributed by atoms with Gasteiger partial charge in [0.15, 0.2) is 0 Å². The van der Waals surface area contributed by atoms with E-state index in [1.165, 1.54) is 0 Å². The van der Waals surface area contributed by atoms with E-state index in [9.17, 15) is 4.79 Å². The Labute approximate surface area is 80.7 Å². The van der Waals surface area contributed by atoms with Crippen LogP contribution in [0.4, 0.5) is 0 Å². The number of ether oxygens (including phenoxy) is 2. The highest BCUT2D eigenvalue weighted by Crippen LogP contribution is 1.89. The minimum atomic E-state index is -0.312. The van der Waals surface area contributed by atoms with E-state index < -0.39 is 0 Å². The molecule has 0 radical (unpaired) electrons. The van der Waals surface area contributed by atoms with Crippen LogP contribution >= 0.6 is 0 Å². The van der Waals surface area contributed by atoms with Gasteiger partial charge in [0.25, 0.3) is 0 Å². The molecular weight excluding hydrogens is 168 g/mol. The number of carbonyl (C=O) groups is 1. The minimum absolute atomic E-state index is 0.312. The summed E-state index contributed by atoms with van der Waals surface area (Å²) in [6, 6.07) is 0. The Morgan fingerprint density at radius 1 is 1.15 bits per heavy atom. The molecule has 0 rings (SSSR count). The monoisotopic (exact) mass is 188 g/mol. The average molecular weight is 188 g/mol. The quantitative estimate of drug-likeness (QED) is 0.501. The molecule has 3 nitrogen and oxygen atoms in total. The first-order chi connectivity index (χ1) is 6.09. The van der Waals surface area contributed by atoms with Gasteiger partial charge in [0.1, 0.15) is 0 Å². The van der Waals surface area contributed by atoms with Crippen LogP contribution in [0.1, 0.15) is 27.7 Å². The van der Waals surface area contributed by atoms with E-state index in [0.717, 1.165) is 13.2 Å². The van der Waals surface area contributed by atoms with E-state index in [0.29, 0.717) is 12.2 Å². The van der Waals surface area contributed by atoms with Gasteiger partial charge < -0.3 is 9.47 Å². The summed E-state index contributed by atoms with van der Waals surface area (Å²) in [7, 11) is 0. The first-order valence-corrected chi connectivity index (χ1v) is 4.50. The van der Waals surface area contributed by atoms with Crippen molar-refractivity contribution in [3.05, 3.63) is 12.2 Å². The van der Waals surface area contributed by atoms with Crippen LogP contribution < -0.4 is 0 Å². The zero-order chi connectivity index (χ0) is 10.7. The van der Waals surface area contributed by atoms with Gasteiger partial charge in [-0.15, -0.1) is 0 Å². The summed E-state index contributed by atoms with van der Waals surface area (Å²) in [5, 5.41) is 0. The van der Waals surface area contributed by atoms with Crippen molar-refractivity contribution in [3.8, 4) is 0 Å². The highest BCUT2D eigenvalue weighted by Gasteiger charge is 1.98. The molecule has 0 saturated heterocycles. The molecule has 3 heteroatoms. The first-order valence-electron chi connectivity index (χ1n) is 4.50. The summed E-state index contributed by atoms with van der Waals surface area (Å²) < 4.78 is 9.40. The number of rotatable bonds is 4. The van der Waals surface area contributed by atoms with Crippen LogP contribution in [-0.4, -0.2) is 25.8 Å². The smallest absolute Gasteiger partial charge is 0.333 e. The van der Waals surface area contributed by atoms with Gasteiger partial charge in [0.05, 0.1) is 6.61 Å². The lowest BCUT2D eigenvalue weighted by Crippen LogP contribution is -2.03. The Morgan fingerprint density at radius 3 is 1.69 bits per heavy atom. The van der Waals surface area contributed by atoms with E-state index in [1.54, 1.807) is 13.8 Å². The van der Waals surface area contributed by atoms with Gasteiger partial charge in [-0.25, -0.2) is 4.79 Å². The fourth-order valence-electron chi connectivity index (χ4n) is 0.458. The molecule has 13 heavy (non-hydrogen) atoms. The van der Waals surface area contributed by atoms with Crippen molar-refractivity contribution in [2.45, 2.75) is 27.7 Å². The van der Waals surface area contributed by atoms with Crippen LogP contribution in [0.3, 0.4) is 0 Å². The van der Waals surface area contributed by atoms with Gasteiger partial charge in [-0.1, -0.05) is 6.58 Å². The Morgan fingerprint density at radius 2 is 1.62 bits per heavy atom. The summed E-state index contributed by atoms with van der Waals surface area (Å²) in [6.07, 6.45) is 0. The lowest BCUT2D eigenvalue weighted by Gasteiger charge is -1.96. The van der Waals surface area contributed by atoms with E-state index >= 15 is 0 Å². The molecule has 0 N–H and O–H groups in total. The third-order valence-corrected chi connectivity index (χ3v) is 1.03. The molecule has 0 aliphatic carbocycles. The van der Waals surface area contributed by atoms with E-state index in [2.05, 4.69) is 11.3 Å². The van der Waals surface area contributed by atoms with Crippen LogP contribution in [0.5, 0.6) is 0 Å². The molecule has 0 atom stereocenters. The standard InChI is InChI=1S/C6H10O2.C4H10O/c1-4-8-6(7)5(2)3;1-3-5-4-2/h2,4H2,1,3H3;3-4H2,1-2H3. The Balaban J connectivity index is 0. The van der Waals surface area contributed by atoms with Gasteiger partial charge in [-0.3, -0.25) is 0 Å². The molecule has 0 spiro atoms. The fraction of sp³-hybridized carbons (Fsp3) is 0.700. The average Bonchev–Trinajstić information content (AvgIpc) is 2.07. The summed E-state index contributed by atoms with van der Waals surface area (Å²) in [6.45, 7) is 12.9. The van der Waals surface area contributed by atoms with Crippen LogP contribution in [0.25, 0.3) is 0 Å². The molecule has 0 aliphatic heterocycles. The highest BCUT2D eigenvalue weighted by molar-refractivity contribution is 5.86. The van der Waals surface area contributed by atoms with Crippen molar-refractivity contribution in [3.63, 3.8) is 0 Å². The normalized spacial score (nSPS) is 8.31. The van der Waals surface area contributed by atoms with Gasteiger partial charge in [-0.2, -0.15) is 0 Å². The SMILES string of the molecule is C=C(C)C(=O)OCC.CCOCC. The lowest BCUT2D eigenvalue weighted by atomic mass is 10.4. The molecule has 0 aromatic carbocycles. The maximum atomic E-state index is 10.4. The molecule has 0 bridgehead atoms.